The summed E-state index contributed by atoms with van der Waals surface area (Å²) < 4.78 is 4.97. The molecule has 3 amide bonds. The van der Waals surface area contributed by atoms with Gasteiger partial charge in [0.2, 0.25) is 17.7 Å². The number of anilines is 2. The number of nitrogens with zero attached hydrogens (tertiary/aromatic N) is 2. The van der Waals surface area contributed by atoms with Crippen LogP contribution in [0.3, 0.4) is 0 Å². The SMILES string of the molecule is Cc1cc(NC(=O)CCC(=O)N(c2cccc(C)c2C)[C@H](C(=O)NC(C)(C)C)c2ccccc2Cl)no1. The third kappa shape index (κ3) is 7.20. The van der Waals surface area contributed by atoms with Crippen LogP contribution in [-0.2, 0) is 14.4 Å². The van der Waals surface area contributed by atoms with Crippen LogP contribution in [0, 0.1) is 20.8 Å². The van der Waals surface area contributed by atoms with E-state index in [9.17, 15) is 14.4 Å². The Bertz CT molecular complexity index is 1300. The number of benzene rings is 2. The van der Waals surface area contributed by atoms with Crippen LogP contribution in [0.5, 0.6) is 0 Å². The summed E-state index contributed by atoms with van der Waals surface area (Å²) in [6.45, 7) is 11.2. The first kappa shape index (κ1) is 27.9. The zero-order chi connectivity index (χ0) is 27.3. The van der Waals surface area contributed by atoms with Crippen molar-refractivity contribution in [1.29, 1.82) is 0 Å². The van der Waals surface area contributed by atoms with E-state index in [1.807, 2.05) is 46.8 Å². The number of halogens is 1. The van der Waals surface area contributed by atoms with E-state index in [1.54, 1.807) is 43.3 Å². The Labute approximate surface area is 222 Å². The van der Waals surface area contributed by atoms with Crippen LogP contribution >= 0.6 is 11.6 Å². The van der Waals surface area contributed by atoms with Crippen molar-refractivity contribution in [2.45, 2.75) is 66.0 Å². The van der Waals surface area contributed by atoms with E-state index in [1.165, 1.54) is 4.90 Å². The molecule has 0 radical (unpaired) electrons. The van der Waals surface area contributed by atoms with E-state index >= 15 is 0 Å². The van der Waals surface area contributed by atoms with Crippen molar-refractivity contribution in [3.05, 3.63) is 76.0 Å². The Morgan fingerprint density at radius 2 is 1.73 bits per heavy atom. The predicted molar refractivity (Wildman–Crippen MR) is 145 cm³/mol. The molecule has 8 nitrogen and oxygen atoms in total. The molecule has 1 heterocycles. The van der Waals surface area contributed by atoms with E-state index in [-0.39, 0.29) is 24.6 Å². The van der Waals surface area contributed by atoms with E-state index in [0.717, 1.165) is 11.1 Å². The molecule has 3 rings (SSSR count). The second-order valence-electron chi connectivity index (χ2n) is 10.0. The summed E-state index contributed by atoms with van der Waals surface area (Å²) in [6, 6.07) is 13.1. The molecule has 2 N–H and O–H groups in total. The molecule has 0 aliphatic rings. The van der Waals surface area contributed by atoms with E-state index in [4.69, 9.17) is 16.1 Å². The van der Waals surface area contributed by atoms with Crippen LogP contribution in [0.2, 0.25) is 5.02 Å². The molecule has 0 spiro atoms. The number of rotatable bonds is 8. The van der Waals surface area contributed by atoms with Crippen LogP contribution in [-0.4, -0.2) is 28.4 Å². The van der Waals surface area contributed by atoms with Crippen LogP contribution in [0.15, 0.2) is 53.1 Å². The number of aryl methyl sites for hydroxylation is 2. The quantitative estimate of drug-likeness (QED) is 0.395. The highest BCUT2D eigenvalue weighted by Gasteiger charge is 2.36. The zero-order valence-electron chi connectivity index (χ0n) is 22.0. The predicted octanol–water partition coefficient (Wildman–Crippen LogP) is 5.66. The molecule has 0 bridgehead atoms. The number of carbonyl (C=O) groups is 3. The van der Waals surface area contributed by atoms with Crippen molar-refractivity contribution in [2.75, 3.05) is 10.2 Å². The van der Waals surface area contributed by atoms with Gasteiger partial charge in [0.05, 0.1) is 0 Å². The average molecular weight is 525 g/mol. The molecule has 2 aromatic carbocycles. The zero-order valence-corrected chi connectivity index (χ0v) is 22.8. The second kappa shape index (κ2) is 11.6. The average Bonchev–Trinajstić information content (AvgIpc) is 3.22. The van der Waals surface area contributed by atoms with Gasteiger partial charge >= 0.3 is 0 Å². The van der Waals surface area contributed by atoms with Gasteiger partial charge in [0.25, 0.3) is 0 Å². The summed E-state index contributed by atoms with van der Waals surface area (Å²) >= 11 is 6.56. The Hall–Kier alpha value is -3.65. The fourth-order valence-corrected chi connectivity index (χ4v) is 4.16. The summed E-state index contributed by atoms with van der Waals surface area (Å²) in [5.74, 6) is -0.331. The fourth-order valence-electron chi connectivity index (χ4n) is 3.92. The Balaban J connectivity index is 2.02. The molecule has 3 aromatic rings. The molecule has 37 heavy (non-hydrogen) atoms. The van der Waals surface area contributed by atoms with Crippen molar-refractivity contribution >= 4 is 40.8 Å². The minimum atomic E-state index is -1.05. The second-order valence-corrected chi connectivity index (χ2v) is 10.4. The monoisotopic (exact) mass is 524 g/mol. The highest BCUT2D eigenvalue weighted by Crippen LogP contribution is 2.35. The minimum absolute atomic E-state index is 0.109. The lowest BCUT2D eigenvalue weighted by Crippen LogP contribution is -2.49. The smallest absolute Gasteiger partial charge is 0.248 e. The lowest BCUT2D eigenvalue weighted by Gasteiger charge is -2.35. The number of carbonyl (C=O) groups excluding carboxylic acids is 3. The Kier molecular flexibility index (Phi) is 8.76. The summed E-state index contributed by atoms with van der Waals surface area (Å²) in [7, 11) is 0. The van der Waals surface area contributed by atoms with Crippen molar-refractivity contribution in [3.63, 3.8) is 0 Å². The Morgan fingerprint density at radius 1 is 1.03 bits per heavy atom. The first-order chi connectivity index (χ1) is 17.4. The first-order valence-corrected chi connectivity index (χ1v) is 12.4. The molecule has 0 unspecified atom stereocenters. The van der Waals surface area contributed by atoms with Crippen LogP contribution in [0.1, 0.15) is 62.1 Å². The van der Waals surface area contributed by atoms with E-state index < -0.39 is 23.4 Å². The number of amides is 3. The number of aromatic nitrogens is 1. The van der Waals surface area contributed by atoms with Gasteiger partial charge in [-0.05, 0) is 64.8 Å². The molecule has 9 heteroatoms. The number of hydrogen-bond acceptors (Lipinski definition) is 5. The van der Waals surface area contributed by atoms with Gasteiger partial charge < -0.3 is 15.2 Å². The van der Waals surface area contributed by atoms with Gasteiger partial charge in [-0.25, -0.2) is 0 Å². The first-order valence-electron chi connectivity index (χ1n) is 12.1. The summed E-state index contributed by atoms with van der Waals surface area (Å²) in [4.78, 5) is 41.6. The number of hydrogen-bond donors (Lipinski definition) is 2. The topological polar surface area (TPSA) is 105 Å². The van der Waals surface area contributed by atoms with Gasteiger partial charge in [0.15, 0.2) is 5.82 Å². The maximum Gasteiger partial charge on any atom is 0.248 e. The molecule has 0 aliphatic heterocycles. The van der Waals surface area contributed by atoms with Crippen LogP contribution in [0.25, 0.3) is 0 Å². The van der Waals surface area contributed by atoms with Gasteiger partial charge in [0.1, 0.15) is 11.8 Å². The molecule has 0 saturated heterocycles. The molecule has 0 saturated carbocycles. The molecule has 0 aliphatic carbocycles. The maximum atomic E-state index is 13.9. The standard InChI is InChI=1S/C28H33ClN4O4/c1-17-10-9-13-22(19(17)3)33(25(35)15-14-24(34)30-23-16-18(2)37-32-23)26(27(36)31-28(4,5)6)20-11-7-8-12-21(20)29/h7-13,16,26H,14-15H2,1-6H3,(H,31,36)(H,30,32,34)/t26-/m0/s1. The van der Waals surface area contributed by atoms with Crippen molar-refractivity contribution in [3.8, 4) is 0 Å². The molecule has 0 fully saturated rings. The third-order valence-corrected chi connectivity index (χ3v) is 6.11. The minimum Gasteiger partial charge on any atom is -0.360 e. The van der Waals surface area contributed by atoms with Gasteiger partial charge in [-0.3, -0.25) is 19.3 Å². The van der Waals surface area contributed by atoms with Crippen LogP contribution < -0.4 is 15.5 Å². The fraction of sp³-hybridized carbons (Fsp3) is 0.357. The molecule has 196 valence electrons. The van der Waals surface area contributed by atoms with Gasteiger partial charge in [0, 0.05) is 40.7 Å². The summed E-state index contributed by atoms with van der Waals surface area (Å²) in [5.41, 5.74) is 2.32. The maximum absolute atomic E-state index is 13.9. The highest BCUT2D eigenvalue weighted by atomic mass is 35.5. The largest absolute Gasteiger partial charge is 0.360 e. The summed E-state index contributed by atoms with van der Waals surface area (Å²) in [6.07, 6.45) is -0.248. The lowest BCUT2D eigenvalue weighted by molar-refractivity contribution is -0.128. The Morgan fingerprint density at radius 3 is 2.35 bits per heavy atom. The van der Waals surface area contributed by atoms with Gasteiger partial charge in [-0.15, -0.1) is 0 Å². The van der Waals surface area contributed by atoms with Crippen molar-refractivity contribution < 1.29 is 18.9 Å². The number of nitrogens with one attached hydrogen (secondary N) is 2. The lowest BCUT2D eigenvalue weighted by atomic mass is 9.98. The van der Waals surface area contributed by atoms with Crippen molar-refractivity contribution in [1.82, 2.24) is 10.5 Å². The van der Waals surface area contributed by atoms with Crippen LogP contribution in [0.4, 0.5) is 11.5 Å². The molecule has 1 atom stereocenters. The molecular formula is C28H33ClN4O4. The van der Waals surface area contributed by atoms with Gasteiger partial charge in [-0.1, -0.05) is 47.1 Å². The normalized spacial score (nSPS) is 12.1. The van der Waals surface area contributed by atoms with E-state index in [0.29, 0.717) is 22.0 Å². The van der Waals surface area contributed by atoms with E-state index in [2.05, 4.69) is 15.8 Å². The highest BCUT2D eigenvalue weighted by molar-refractivity contribution is 6.31. The summed E-state index contributed by atoms with van der Waals surface area (Å²) in [5, 5.41) is 9.73. The third-order valence-electron chi connectivity index (χ3n) is 5.77. The molecule has 1 aromatic heterocycles. The molecular weight excluding hydrogens is 492 g/mol. The van der Waals surface area contributed by atoms with Crippen molar-refractivity contribution in [2.24, 2.45) is 0 Å². The van der Waals surface area contributed by atoms with Gasteiger partial charge in [-0.2, -0.15) is 0 Å².